The summed E-state index contributed by atoms with van der Waals surface area (Å²) in [5, 5.41) is 0. The number of fused-ring (bicyclic) bond motifs is 1. The van der Waals surface area contributed by atoms with Crippen molar-refractivity contribution in [3.05, 3.63) is 60.2 Å². The Kier molecular flexibility index (Phi) is 3.77. The molecular formula is C20H21NO3. The van der Waals surface area contributed by atoms with Crippen LogP contribution in [0.1, 0.15) is 25.0 Å². The van der Waals surface area contributed by atoms with Crippen molar-refractivity contribution < 1.29 is 14.3 Å². The minimum atomic E-state index is -0.0593. The van der Waals surface area contributed by atoms with Gasteiger partial charge >= 0.3 is 0 Å². The summed E-state index contributed by atoms with van der Waals surface area (Å²) in [5.41, 5.74) is 2.11. The Balaban J connectivity index is 1.58. The first kappa shape index (κ1) is 15.2. The Morgan fingerprint density at radius 1 is 1.08 bits per heavy atom. The van der Waals surface area contributed by atoms with Crippen molar-refractivity contribution in [1.29, 1.82) is 0 Å². The zero-order valence-electron chi connectivity index (χ0n) is 13.9. The van der Waals surface area contributed by atoms with Gasteiger partial charge in [-0.3, -0.25) is 4.79 Å². The highest BCUT2D eigenvalue weighted by atomic mass is 16.5. The molecule has 2 fully saturated rings. The fourth-order valence-electron chi connectivity index (χ4n) is 3.90. The minimum absolute atomic E-state index is 0.0351. The normalized spacial score (nSPS) is 28.9. The molecule has 2 aromatic rings. The zero-order chi connectivity index (χ0) is 16.7. The first-order valence-electron chi connectivity index (χ1n) is 8.36. The Morgan fingerprint density at radius 2 is 1.79 bits per heavy atom. The predicted molar refractivity (Wildman–Crippen MR) is 92.1 cm³/mol. The van der Waals surface area contributed by atoms with Crippen LogP contribution in [0.25, 0.3) is 0 Å². The molecule has 2 aliphatic heterocycles. The summed E-state index contributed by atoms with van der Waals surface area (Å²) in [4.78, 5) is 14.5. The second-order valence-corrected chi connectivity index (χ2v) is 6.48. The van der Waals surface area contributed by atoms with E-state index in [1.54, 1.807) is 7.11 Å². The van der Waals surface area contributed by atoms with Crippen LogP contribution in [0.4, 0.5) is 5.69 Å². The topological polar surface area (TPSA) is 38.8 Å². The second kappa shape index (κ2) is 5.95. The van der Waals surface area contributed by atoms with Gasteiger partial charge in [-0.05, 0) is 43.2 Å². The predicted octanol–water partition coefficient (Wildman–Crippen LogP) is 3.58. The molecule has 2 aliphatic rings. The van der Waals surface area contributed by atoms with Crippen LogP contribution < -0.4 is 9.64 Å². The summed E-state index contributed by atoms with van der Waals surface area (Å²) in [7, 11) is 1.64. The molecule has 0 bridgehead atoms. The summed E-state index contributed by atoms with van der Waals surface area (Å²) in [6, 6.07) is 18.1. The van der Waals surface area contributed by atoms with Crippen LogP contribution in [0.3, 0.4) is 0 Å². The SMILES string of the molecule is COc1ccc(N2C(=O)[C@@H]3[C@@H](C)O[C@@H](c4ccccc4)C[C@@H]32)cc1. The van der Waals surface area contributed by atoms with E-state index >= 15 is 0 Å². The molecule has 24 heavy (non-hydrogen) atoms. The number of anilines is 1. The van der Waals surface area contributed by atoms with Gasteiger partial charge in [0.15, 0.2) is 0 Å². The summed E-state index contributed by atoms with van der Waals surface area (Å²) >= 11 is 0. The smallest absolute Gasteiger partial charge is 0.235 e. The van der Waals surface area contributed by atoms with Crippen molar-refractivity contribution in [1.82, 2.24) is 0 Å². The van der Waals surface area contributed by atoms with E-state index in [0.717, 1.165) is 17.9 Å². The van der Waals surface area contributed by atoms with Crippen molar-refractivity contribution in [3.63, 3.8) is 0 Å². The molecular weight excluding hydrogens is 302 g/mol. The van der Waals surface area contributed by atoms with E-state index in [4.69, 9.17) is 9.47 Å². The fraction of sp³-hybridized carbons (Fsp3) is 0.350. The lowest BCUT2D eigenvalue weighted by atomic mass is 9.76. The standard InChI is InChI=1S/C20H21NO3/c1-13-19-17(12-18(24-13)14-6-4-3-5-7-14)21(20(19)22)15-8-10-16(23-2)11-9-15/h3-11,13,17-19H,12H2,1-2H3/t13-,17+,18-,19-/m1/s1. The number of hydrogen-bond acceptors (Lipinski definition) is 3. The van der Waals surface area contributed by atoms with Crippen LogP contribution >= 0.6 is 0 Å². The van der Waals surface area contributed by atoms with Gasteiger partial charge < -0.3 is 14.4 Å². The van der Waals surface area contributed by atoms with E-state index in [0.29, 0.717) is 0 Å². The molecule has 2 aromatic carbocycles. The van der Waals surface area contributed by atoms with Crippen LogP contribution in [0.5, 0.6) is 5.75 Å². The molecule has 124 valence electrons. The lowest BCUT2D eigenvalue weighted by molar-refractivity contribution is -0.154. The van der Waals surface area contributed by atoms with Crippen LogP contribution in [0.2, 0.25) is 0 Å². The van der Waals surface area contributed by atoms with Crippen molar-refractivity contribution in [2.24, 2.45) is 5.92 Å². The van der Waals surface area contributed by atoms with E-state index in [2.05, 4.69) is 12.1 Å². The molecule has 4 rings (SSSR count). The number of nitrogens with zero attached hydrogens (tertiary/aromatic N) is 1. The number of ether oxygens (including phenoxy) is 2. The van der Waals surface area contributed by atoms with Gasteiger partial charge in [0.25, 0.3) is 0 Å². The summed E-state index contributed by atoms with van der Waals surface area (Å²) in [6.45, 7) is 2.01. The quantitative estimate of drug-likeness (QED) is 0.811. The highest BCUT2D eigenvalue weighted by molar-refractivity contribution is 6.03. The van der Waals surface area contributed by atoms with Crippen LogP contribution in [0, 0.1) is 5.92 Å². The number of amides is 1. The molecule has 0 saturated carbocycles. The number of benzene rings is 2. The Hall–Kier alpha value is -2.33. The van der Waals surface area contributed by atoms with Crippen molar-refractivity contribution in [2.75, 3.05) is 12.0 Å². The maximum absolute atomic E-state index is 12.6. The molecule has 0 radical (unpaired) electrons. The third-order valence-electron chi connectivity index (χ3n) is 5.13. The van der Waals surface area contributed by atoms with Crippen LogP contribution in [0.15, 0.2) is 54.6 Å². The first-order chi connectivity index (χ1) is 11.7. The number of carbonyl (C=O) groups excluding carboxylic acids is 1. The van der Waals surface area contributed by atoms with Gasteiger partial charge in [-0.2, -0.15) is 0 Å². The lowest BCUT2D eigenvalue weighted by Crippen LogP contribution is -2.67. The zero-order valence-corrected chi connectivity index (χ0v) is 13.9. The summed E-state index contributed by atoms with van der Waals surface area (Å²) < 4.78 is 11.3. The molecule has 0 unspecified atom stereocenters. The van der Waals surface area contributed by atoms with Crippen molar-refractivity contribution in [2.45, 2.75) is 31.6 Å². The van der Waals surface area contributed by atoms with Gasteiger partial charge in [0.05, 0.1) is 31.3 Å². The third kappa shape index (κ3) is 2.38. The molecule has 0 spiro atoms. The molecule has 4 heteroatoms. The molecule has 4 nitrogen and oxygen atoms in total. The van der Waals surface area contributed by atoms with Gasteiger partial charge in [0.2, 0.25) is 5.91 Å². The average Bonchev–Trinajstić information content (AvgIpc) is 2.62. The fourth-order valence-corrected chi connectivity index (χ4v) is 3.90. The monoisotopic (exact) mass is 323 g/mol. The van der Waals surface area contributed by atoms with Crippen LogP contribution in [-0.4, -0.2) is 25.2 Å². The molecule has 1 amide bonds. The largest absolute Gasteiger partial charge is 0.497 e. The molecule has 2 saturated heterocycles. The van der Waals surface area contributed by atoms with E-state index in [1.807, 2.05) is 54.3 Å². The second-order valence-electron chi connectivity index (χ2n) is 6.48. The van der Waals surface area contributed by atoms with Gasteiger partial charge in [-0.25, -0.2) is 0 Å². The maximum Gasteiger partial charge on any atom is 0.235 e. The first-order valence-corrected chi connectivity index (χ1v) is 8.36. The van der Waals surface area contributed by atoms with Gasteiger partial charge in [-0.15, -0.1) is 0 Å². The molecule has 0 aliphatic carbocycles. The van der Waals surface area contributed by atoms with Gasteiger partial charge in [-0.1, -0.05) is 30.3 Å². The highest BCUT2D eigenvalue weighted by Gasteiger charge is 2.54. The molecule has 0 N–H and O–H groups in total. The van der Waals surface area contributed by atoms with E-state index in [1.165, 1.54) is 5.56 Å². The summed E-state index contributed by atoms with van der Waals surface area (Å²) in [5.74, 6) is 0.919. The number of rotatable bonds is 3. The van der Waals surface area contributed by atoms with Gasteiger partial charge in [0.1, 0.15) is 5.75 Å². The Morgan fingerprint density at radius 3 is 2.46 bits per heavy atom. The van der Waals surface area contributed by atoms with E-state index in [9.17, 15) is 4.79 Å². The lowest BCUT2D eigenvalue weighted by Gasteiger charge is -2.54. The van der Waals surface area contributed by atoms with E-state index in [-0.39, 0.29) is 30.1 Å². The maximum atomic E-state index is 12.6. The number of β-lactam (4-membered cyclic amide) rings is 1. The minimum Gasteiger partial charge on any atom is -0.497 e. The molecule has 0 aromatic heterocycles. The number of carbonyl (C=O) groups is 1. The summed E-state index contributed by atoms with van der Waals surface area (Å²) in [6.07, 6.45) is 0.809. The molecule has 4 atom stereocenters. The highest BCUT2D eigenvalue weighted by Crippen LogP contribution is 2.45. The van der Waals surface area contributed by atoms with Crippen molar-refractivity contribution in [3.8, 4) is 5.75 Å². The Bertz CT molecular complexity index is 728. The van der Waals surface area contributed by atoms with E-state index < -0.39 is 0 Å². The third-order valence-corrected chi connectivity index (χ3v) is 5.13. The van der Waals surface area contributed by atoms with Gasteiger partial charge in [0, 0.05) is 5.69 Å². The van der Waals surface area contributed by atoms with Crippen LogP contribution in [-0.2, 0) is 9.53 Å². The average molecular weight is 323 g/mol. The number of methoxy groups -OCH3 is 1. The number of hydrogen-bond donors (Lipinski definition) is 0. The Labute approximate surface area is 142 Å². The van der Waals surface area contributed by atoms with Crippen molar-refractivity contribution >= 4 is 11.6 Å². The molecule has 2 heterocycles.